The van der Waals surface area contributed by atoms with E-state index >= 15 is 0 Å². The second kappa shape index (κ2) is 5.88. The van der Waals surface area contributed by atoms with Gasteiger partial charge in [0.15, 0.2) is 0 Å². The van der Waals surface area contributed by atoms with E-state index in [9.17, 15) is 0 Å². The minimum Gasteiger partial charge on any atom is -0.307 e. The largest absolute Gasteiger partial charge is 0.307 e. The van der Waals surface area contributed by atoms with Crippen molar-refractivity contribution >= 4 is 11.8 Å². The Balaban J connectivity index is 1.68. The molecular formula is C17H25NS. The summed E-state index contributed by atoms with van der Waals surface area (Å²) in [6.07, 6.45) is 5.38. The summed E-state index contributed by atoms with van der Waals surface area (Å²) in [6, 6.07) is 10.3. The quantitative estimate of drug-likeness (QED) is 0.844. The Morgan fingerprint density at radius 2 is 1.89 bits per heavy atom. The van der Waals surface area contributed by atoms with Crippen LogP contribution in [0.2, 0.25) is 0 Å². The lowest BCUT2D eigenvalue weighted by Crippen LogP contribution is -2.39. The van der Waals surface area contributed by atoms with Gasteiger partial charge in [-0.2, -0.15) is 0 Å². The maximum absolute atomic E-state index is 3.95. The fourth-order valence-electron chi connectivity index (χ4n) is 3.50. The molecule has 3 rings (SSSR count). The zero-order valence-corrected chi connectivity index (χ0v) is 12.9. The van der Waals surface area contributed by atoms with Crippen LogP contribution in [0.1, 0.15) is 51.1 Å². The average Bonchev–Trinajstić information content (AvgIpc) is 2.43. The van der Waals surface area contributed by atoms with Crippen molar-refractivity contribution in [2.75, 3.05) is 5.75 Å². The van der Waals surface area contributed by atoms with Crippen LogP contribution in [0.4, 0.5) is 0 Å². The van der Waals surface area contributed by atoms with Crippen molar-refractivity contribution < 1.29 is 0 Å². The monoisotopic (exact) mass is 275 g/mol. The van der Waals surface area contributed by atoms with E-state index in [1.807, 2.05) is 11.8 Å². The minimum absolute atomic E-state index is 0.586. The lowest BCUT2D eigenvalue weighted by atomic mass is 9.79. The number of nitrogens with one attached hydrogen (secondary N) is 1. The molecule has 0 spiro atoms. The van der Waals surface area contributed by atoms with E-state index in [0.29, 0.717) is 6.04 Å². The van der Waals surface area contributed by atoms with Crippen LogP contribution >= 0.6 is 11.8 Å². The molecule has 0 bridgehead atoms. The summed E-state index contributed by atoms with van der Waals surface area (Å²) in [6.45, 7) is 4.83. The Hall–Kier alpha value is -0.470. The minimum atomic E-state index is 0.586. The Labute approximate surface area is 121 Å². The molecule has 2 heteroatoms. The third kappa shape index (κ3) is 3.00. The molecular weight excluding hydrogens is 250 g/mol. The third-order valence-corrected chi connectivity index (χ3v) is 6.12. The summed E-state index contributed by atoms with van der Waals surface area (Å²) in [5, 5.41) is 3.95. The van der Waals surface area contributed by atoms with Crippen molar-refractivity contribution in [2.45, 2.75) is 56.5 Å². The van der Waals surface area contributed by atoms with Gasteiger partial charge in [0.25, 0.3) is 0 Å². The predicted molar refractivity (Wildman–Crippen MR) is 83.6 cm³/mol. The SMILES string of the molecule is CC1CCC(NC2CCSc3ccccc32)CC1C. The van der Waals surface area contributed by atoms with Gasteiger partial charge in [-0.15, -0.1) is 11.8 Å². The van der Waals surface area contributed by atoms with Crippen molar-refractivity contribution in [3.05, 3.63) is 29.8 Å². The first-order valence-electron chi connectivity index (χ1n) is 7.72. The van der Waals surface area contributed by atoms with E-state index < -0.39 is 0 Å². The van der Waals surface area contributed by atoms with Crippen molar-refractivity contribution in [2.24, 2.45) is 11.8 Å². The molecule has 19 heavy (non-hydrogen) atoms. The lowest BCUT2D eigenvalue weighted by Gasteiger charge is -2.36. The number of fused-ring (bicyclic) bond motifs is 1. The van der Waals surface area contributed by atoms with Crippen molar-refractivity contribution in [1.29, 1.82) is 0 Å². The molecule has 1 N–H and O–H groups in total. The van der Waals surface area contributed by atoms with E-state index in [0.717, 1.165) is 17.9 Å². The predicted octanol–water partition coefficient (Wildman–Crippen LogP) is 4.64. The van der Waals surface area contributed by atoms with Gasteiger partial charge in [-0.1, -0.05) is 32.0 Å². The smallest absolute Gasteiger partial charge is 0.0341 e. The first-order chi connectivity index (χ1) is 9.24. The summed E-state index contributed by atoms with van der Waals surface area (Å²) in [4.78, 5) is 1.49. The zero-order chi connectivity index (χ0) is 13.2. The summed E-state index contributed by atoms with van der Waals surface area (Å²) in [7, 11) is 0. The van der Waals surface area contributed by atoms with Crippen LogP contribution in [0.5, 0.6) is 0 Å². The third-order valence-electron chi connectivity index (χ3n) is 4.99. The van der Waals surface area contributed by atoms with E-state index in [2.05, 4.69) is 43.4 Å². The van der Waals surface area contributed by atoms with Gasteiger partial charge in [0, 0.05) is 17.0 Å². The number of benzene rings is 1. The van der Waals surface area contributed by atoms with Crippen LogP contribution < -0.4 is 5.32 Å². The summed E-state index contributed by atoms with van der Waals surface area (Å²) < 4.78 is 0. The molecule has 0 aromatic heterocycles. The standard InChI is InChI=1S/C17H25NS/c1-12-7-8-14(11-13(12)2)18-16-9-10-19-17-6-4-3-5-15(16)17/h3-6,12-14,16,18H,7-11H2,1-2H3. The van der Waals surface area contributed by atoms with Crippen LogP contribution in [-0.2, 0) is 0 Å². The second-order valence-corrected chi connectivity index (χ2v) is 7.50. The molecule has 1 aromatic rings. The van der Waals surface area contributed by atoms with Gasteiger partial charge >= 0.3 is 0 Å². The highest BCUT2D eigenvalue weighted by Gasteiger charge is 2.28. The normalized spacial score (nSPS) is 34.8. The molecule has 1 aliphatic heterocycles. The molecule has 1 nitrogen and oxygen atoms in total. The Bertz CT molecular complexity index is 431. The molecule has 4 atom stereocenters. The fraction of sp³-hybridized carbons (Fsp3) is 0.647. The second-order valence-electron chi connectivity index (χ2n) is 6.36. The van der Waals surface area contributed by atoms with Gasteiger partial charge < -0.3 is 5.32 Å². The molecule has 4 unspecified atom stereocenters. The molecule has 1 aliphatic carbocycles. The maximum Gasteiger partial charge on any atom is 0.0341 e. The molecule has 0 radical (unpaired) electrons. The molecule has 1 fully saturated rings. The first-order valence-corrected chi connectivity index (χ1v) is 8.70. The highest BCUT2D eigenvalue weighted by molar-refractivity contribution is 7.99. The average molecular weight is 275 g/mol. The Kier molecular flexibility index (Phi) is 4.18. The van der Waals surface area contributed by atoms with E-state index in [-0.39, 0.29) is 0 Å². The van der Waals surface area contributed by atoms with Crippen LogP contribution in [0.3, 0.4) is 0 Å². The Morgan fingerprint density at radius 3 is 2.74 bits per heavy atom. The summed E-state index contributed by atoms with van der Waals surface area (Å²) in [5.41, 5.74) is 1.53. The molecule has 2 aliphatic rings. The first kappa shape index (κ1) is 13.5. The number of hydrogen-bond donors (Lipinski definition) is 1. The number of rotatable bonds is 2. The number of thioether (sulfide) groups is 1. The van der Waals surface area contributed by atoms with Crippen LogP contribution in [-0.4, -0.2) is 11.8 Å². The van der Waals surface area contributed by atoms with Crippen molar-refractivity contribution in [1.82, 2.24) is 5.32 Å². The molecule has 0 saturated heterocycles. The van der Waals surface area contributed by atoms with E-state index in [1.165, 1.54) is 41.9 Å². The van der Waals surface area contributed by atoms with Gasteiger partial charge in [-0.25, -0.2) is 0 Å². The highest BCUT2D eigenvalue weighted by atomic mass is 32.2. The van der Waals surface area contributed by atoms with Crippen molar-refractivity contribution in [3.8, 4) is 0 Å². The van der Waals surface area contributed by atoms with E-state index in [1.54, 1.807) is 0 Å². The van der Waals surface area contributed by atoms with Gasteiger partial charge in [0.2, 0.25) is 0 Å². The fourth-order valence-corrected chi connectivity index (χ4v) is 4.62. The van der Waals surface area contributed by atoms with Gasteiger partial charge in [0.05, 0.1) is 0 Å². The van der Waals surface area contributed by atoms with Gasteiger partial charge in [0.1, 0.15) is 0 Å². The lowest BCUT2D eigenvalue weighted by molar-refractivity contribution is 0.213. The van der Waals surface area contributed by atoms with Crippen LogP contribution in [0, 0.1) is 11.8 Å². The van der Waals surface area contributed by atoms with Gasteiger partial charge in [-0.3, -0.25) is 0 Å². The van der Waals surface area contributed by atoms with Crippen LogP contribution in [0.25, 0.3) is 0 Å². The van der Waals surface area contributed by atoms with Crippen molar-refractivity contribution in [3.63, 3.8) is 0 Å². The van der Waals surface area contributed by atoms with Crippen LogP contribution in [0.15, 0.2) is 29.2 Å². The molecule has 1 saturated carbocycles. The Morgan fingerprint density at radius 1 is 1.05 bits per heavy atom. The molecule has 1 heterocycles. The molecule has 104 valence electrons. The zero-order valence-electron chi connectivity index (χ0n) is 12.1. The molecule has 1 aromatic carbocycles. The number of hydrogen-bond acceptors (Lipinski definition) is 2. The maximum atomic E-state index is 3.95. The highest BCUT2D eigenvalue weighted by Crippen LogP contribution is 2.37. The topological polar surface area (TPSA) is 12.0 Å². The van der Waals surface area contributed by atoms with E-state index in [4.69, 9.17) is 0 Å². The van der Waals surface area contributed by atoms with Gasteiger partial charge in [-0.05, 0) is 54.9 Å². The summed E-state index contributed by atoms with van der Waals surface area (Å²) >= 11 is 2.02. The molecule has 0 amide bonds. The summed E-state index contributed by atoms with van der Waals surface area (Å²) in [5.74, 6) is 3.04.